The highest BCUT2D eigenvalue weighted by Crippen LogP contribution is 2.16. The Balaban J connectivity index is 1.72. The average Bonchev–Trinajstić information content (AvgIpc) is 2.51. The largest absolute Gasteiger partial charge is 0.378 e. The minimum atomic E-state index is -0.0771. The topological polar surface area (TPSA) is 58.6 Å². The highest BCUT2D eigenvalue weighted by Gasteiger charge is 2.17. The molecule has 1 heterocycles. The van der Waals surface area contributed by atoms with E-state index in [1.807, 2.05) is 32.0 Å². The molecule has 0 aliphatic carbocycles. The molecule has 0 saturated carbocycles. The highest BCUT2D eigenvalue weighted by atomic mass is 32.2. The summed E-state index contributed by atoms with van der Waals surface area (Å²) in [6.45, 7) is 6.49. The van der Waals surface area contributed by atoms with Crippen molar-refractivity contribution >= 4 is 29.3 Å². The average molecular weight is 322 g/mol. The van der Waals surface area contributed by atoms with Crippen molar-refractivity contribution in [3.05, 3.63) is 29.3 Å². The van der Waals surface area contributed by atoms with Crippen LogP contribution in [0.5, 0.6) is 0 Å². The predicted molar refractivity (Wildman–Crippen MR) is 89.3 cm³/mol. The Hall–Kier alpha value is -1.53. The lowest BCUT2D eigenvalue weighted by Crippen LogP contribution is -2.41. The fourth-order valence-corrected chi connectivity index (χ4v) is 2.99. The van der Waals surface area contributed by atoms with Crippen molar-refractivity contribution in [3.63, 3.8) is 0 Å². The summed E-state index contributed by atoms with van der Waals surface area (Å²) in [7, 11) is 0. The Bertz CT molecular complexity index is 542. The molecule has 0 radical (unpaired) electrons. The lowest BCUT2D eigenvalue weighted by Gasteiger charge is -2.26. The molecule has 1 fully saturated rings. The normalized spacial score (nSPS) is 14.7. The Kier molecular flexibility index (Phi) is 6.27. The smallest absolute Gasteiger partial charge is 0.234 e. The van der Waals surface area contributed by atoms with E-state index in [2.05, 4.69) is 5.32 Å². The van der Waals surface area contributed by atoms with Crippen LogP contribution in [0.1, 0.15) is 11.1 Å². The van der Waals surface area contributed by atoms with E-state index >= 15 is 0 Å². The van der Waals surface area contributed by atoms with E-state index in [1.165, 1.54) is 17.3 Å². The van der Waals surface area contributed by atoms with Gasteiger partial charge in [0, 0.05) is 18.8 Å². The van der Waals surface area contributed by atoms with Crippen LogP contribution in [0.3, 0.4) is 0 Å². The van der Waals surface area contributed by atoms with Crippen LogP contribution in [0.4, 0.5) is 5.69 Å². The number of carbonyl (C=O) groups is 2. The minimum absolute atomic E-state index is 0.0765. The van der Waals surface area contributed by atoms with Crippen molar-refractivity contribution in [2.75, 3.05) is 43.1 Å². The summed E-state index contributed by atoms with van der Waals surface area (Å²) < 4.78 is 5.21. The Labute approximate surface area is 135 Å². The van der Waals surface area contributed by atoms with Crippen LogP contribution in [0.25, 0.3) is 0 Å². The van der Waals surface area contributed by atoms with Crippen LogP contribution in [-0.2, 0) is 14.3 Å². The molecule has 1 aliphatic heterocycles. The van der Waals surface area contributed by atoms with E-state index in [4.69, 9.17) is 4.74 Å². The van der Waals surface area contributed by atoms with Crippen LogP contribution >= 0.6 is 11.8 Å². The molecular formula is C16H22N2O3S. The third-order valence-corrected chi connectivity index (χ3v) is 4.40. The van der Waals surface area contributed by atoms with Gasteiger partial charge in [0.1, 0.15) is 0 Å². The second-order valence-corrected chi connectivity index (χ2v) is 6.34. The van der Waals surface area contributed by atoms with Gasteiger partial charge in [-0.05, 0) is 25.5 Å². The van der Waals surface area contributed by atoms with Gasteiger partial charge in [0.15, 0.2) is 0 Å². The van der Waals surface area contributed by atoms with Gasteiger partial charge in [0.25, 0.3) is 0 Å². The van der Waals surface area contributed by atoms with Crippen molar-refractivity contribution < 1.29 is 14.3 Å². The lowest BCUT2D eigenvalue weighted by atomic mass is 10.1. The van der Waals surface area contributed by atoms with Crippen LogP contribution < -0.4 is 5.32 Å². The summed E-state index contributed by atoms with van der Waals surface area (Å²) in [4.78, 5) is 25.7. The number of anilines is 1. The highest BCUT2D eigenvalue weighted by molar-refractivity contribution is 8.00. The van der Waals surface area contributed by atoms with Crippen LogP contribution in [0, 0.1) is 13.8 Å². The summed E-state index contributed by atoms with van der Waals surface area (Å²) in [5.74, 6) is 0.614. The van der Waals surface area contributed by atoms with Gasteiger partial charge in [0.05, 0.1) is 24.7 Å². The fraction of sp³-hybridized carbons (Fsp3) is 0.500. The van der Waals surface area contributed by atoms with Crippen LogP contribution in [0.2, 0.25) is 0 Å². The van der Waals surface area contributed by atoms with E-state index in [9.17, 15) is 9.59 Å². The second kappa shape index (κ2) is 8.19. The van der Waals surface area contributed by atoms with Gasteiger partial charge in [-0.25, -0.2) is 0 Å². The van der Waals surface area contributed by atoms with Crippen molar-refractivity contribution in [2.45, 2.75) is 13.8 Å². The third kappa shape index (κ3) is 5.03. The quantitative estimate of drug-likeness (QED) is 0.898. The maximum atomic E-state index is 11.9. The number of morpholine rings is 1. The summed E-state index contributed by atoms with van der Waals surface area (Å²) in [6, 6.07) is 5.91. The number of hydrogen-bond acceptors (Lipinski definition) is 4. The maximum absolute atomic E-state index is 11.9. The first kappa shape index (κ1) is 16.8. The lowest BCUT2D eigenvalue weighted by molar-refractivity contribution is -0.132. The van der Waals surface area contributed by atoms with E-state index in [-0.39, 0.29) is 17.6 Å². The SMILES string of the molecule is Cc1ccc(NC(=O)CSCC(=O)N2CCOCC2)c(C)c1. The zero-order valence-corrected chi connectivity index (χ0v) is 13.9. The number of carbonyl (C=O) groups excluding carboxylic acids is 2. The molecule has 0 aromatic heterocycles. The number of ether oxygens (including phenoxy) is 1. The molecule has 0 spiro atoms. The maximum Gasteiger partial charge on any atom is 0.234 e. The summed E-state index contributed by atoms with van der Waals surface area (Å²) in [5.41, 5.74) is 3.04. The molecule has 1 N–H and O–H groups in total. The number of nitrogens with one attached hydrogen (secondary N) is 1. The molecule has 1 aromatic carbocycles. The molecule has 120 valence electrons. The number of hydrogen-bond donors (Lipinski definition) is 1. The first-order valence-corrected chi connectivity index (χ1v) is 8.52. The molecular weight excluding hydrogens is 300 g/mol. The van der Waals surface area contributed by atoms with Crippen molar-refractivity contribution in [1.82, 2.24) is 4.90 Å². The summed E-state index contributed by atoms with van der Waals surface area (Å²) in [6.07, 6.45) is 0. The molecule has 0 atom stereocenters. The number of nitrogens with zero attached hydrogens (tertiary/aromatic N) is 1. The van der Waals surface area contributed by atoms with Gasteiger partial charge in [-0.3, -0.25) is 9.59 Å². The van der Waals surface area contributed by atoms with Gasteiger partial charge in [-0.2, -0.15) is 0 Å². The van der Waals surface area contributed by atoms with E-state index in [0.29, 0.717) is 32.1 Å². The Morgan fingerprint density at radius 3 is 2.64 bits per heavy atom. The molecule has 1 aromatic rings. The van der Waals surface area contributed by atoms with Crippen LogP contribution in [-0.4, -0.2) is 54.5 Å². The molecule has 6 heteroatoms. The molecule has 2 amide bonds. The predicted octanol–water partition coefficient (Wildman–Crippen LogP) is 1.83. The van der Waals surface area contributed by atoms with Crippen molar-refractivity contribution in [2.24, 2.45) is 0 Å². The van der Waals surface area contributed by atoms with Crippen LogP contribution in [0.15, 0.2) is 18.2 Å². The monoisotopic (exact) mass is 322 g/mol. The van der Waals surface area contributed by atoms with Gasteiger partial charge < -0.3 is 15.0 Å². The second-order valence-electron chi connectivity index (χ2n) is 5.35. The zero-order valence-electron chi connectivity index (χ0n) is 13.1. The van der Waals surface area contributed by atoms with E-state index < -0.39 is 0 Å². The first-order chi connectivity index (χ1) is 10.6. The molecule has 1 saturated heterocycles. The van der Waals surface area contributed by atoms with Gasteiger partial charge in [0.2, 0.25) is 11.8 Å². The Morgan fingerprint density at radius 1 is 1.23 bits per heavy atom. The third-order valence-electron chi connectivity index (χ3n) is 3.48. The van der Waals surface area contributed by atoms with Gasteiger partial charge in [-0.15, -0.1) is 11.8 Å². The van der Waals surface area contributed by atoms with Gasteiger partial charge >= 0.3 is 0 Å². The van der Waals surface area contributed by atoms with Crippen molar-refractivity contribution in [1.29, 1.82) is 0 Å². The number of thioether (sulfide) groups is 1. The number of rotatable bonds is 5. The fourth-order valence-electron chi connectivity index (χ4n) is 2.28. The van der Waals surface area contributed by atoms with E-state index in [1.54, 1.807) is 4.90 Å². The number of aryl methyl sites for hydroxylation is 2. The Morgan fingerprint density at radius 2 is 1.95 bits per heavy atom. The number of amides is 2. The summed E-state index contributed by atoms with van der Waals surface area (Å²) in [5, 5.41) is 2.89. The van der Waals surface area contributed by atoms with Gasteiger partial charge in [-0.1, -0.05) is 17.7 Å². The zero-order chi connectivity index (χ0) is 15.9. The molecule has 5 nitrogen and oxygen atoms in total. The molecule has 0 bridgehead atoms. The molecule has 2 rings (SSSR count). The molecule has 1 aliphatic rings. The minimum Gasteiger partial charge on any atom is -0.378 e. The molecule has 0 unspecified atom stereocenters. The summed E-state index contributed by atoms with van der Waals surface area (Å²) >= 11 is 1.35. The standard InChI is InChI=1S/C16H22N2O3S/c1-12-3-4-14(13(2)9-12)17-15(19)10-22-11-16(20)18-5-7-21-8-6-18/h3-4,9H,5-8,10-11H2,1-2H3,(H,17,19). The van der Waals surface area contributed by atoms with E-state index in [0.717, 1.165) is 11.3 Å². The number of benzene rings is 1. The van der Waals surface area contributed by atoms with Crippen molar-refractivity contribution in [3.8, 4) is 0 Å². The first-order valence-electron chi connectivity index (χ1n) is 7.36. The molecule has 22 heavy (non-hydrogen) atoms.